The number of H-pyrrole nitrogens is 1. The van der Waals surface area contributed by atoms with E-state index in [1.54, 1.807) is 0 Å². The quantitative estimate of drug-likeness (QED) is 0.553. The minimum atomic E-state index is -0.215. The molecule has 126 valence electrons. The van der Waals surface area contributed by atoms with Crippen molar-refractivity contribution in [2.45, 2.75) is 26.8 Å². The van der Waals surface area contributed by atoms with Gasteiger partial charge >= 0.3 is 0 Å². The molecule has 0 saturated carbocycles. The normalized spacial score (nSPS) is 12.6. The van der Waals surface area contributed by atoms with Gasteiger partial charge in [-0.3, -0.25) is 4.79 Å². The third-order valence-electron chi connectivity index (χ3n) is 4.81. The van der Waals surface area contributed by atoms with Crippen molar-refractivity contribution in [1.29, 1.82) is 0 Å². The van der Waals surface area contributed by atoms with Crippen LogP contribution in [0.3, 0.4) is 0 Å². The molecule has 0 bridgehead atoms. The lowest BCUT2D eigenvalue weighted by Gasteiger charge is -2.12. The summed E-state index contributed by atoms with van der Waals surface area (Å²) >= 11 is 0. The lowest BCUT2D eigenvalue weighted by molar-refractivity contribution is 0.0937. The molecule has 2 N–H and O–H groups in total. The Morgan fingerprint density at radius 1 is 1.12 bits per heavy atom. The first-order valence-corrected chi connectivity index (χ1v) is 8.42. The molecule has 0 fully saturated rings. The number of benzene rings is 2. The van der Waals surface area contributed by atoms with Gasteiger partial charge in [-0.25, -0.2) is 0 Å². The van der Waals surface area contributed by atoms with Crippen molar-refractivity contribution in [2.24, 2.45) is 0 Å². The van der Waals surface area contributed by atoms with E-state index in [-0.39, 0.29) is 11.9 Å². The summed E-state index contributed by atoms with van der Waals surface area (Å²) in [5.74, 6) is 0.639. The molecule has 0 saturated heterocycles. The van der Waals surface area contributed by atoms with Gasteiger partial charge in [0.2, 0.25) is 0 Å². The average molecular weight is 332 g/mol. The third kappa shape index (κ3) is 2.60. The van der Waals surface area contributed by atoms with E-state index in [0.717, 1.165) is 33.3 Å². The van der Waals surface area contributed by atoms with E-state index in [9.17, 15) is 4.79 Å². The summed E-state index contributed by atoms with van der Waals surface area (Å²) in [4.78, 5) is 16.1. The number of nitrogens with one attached hydrogen (secondary N) is 2. The standard InChI is InChI=1S/C21H20N2O2/c1-12-13(2)22-20-16(12)8-6-9-17(20)21(24)23-14(3)19-11-15-7-4-5-10-18(15)25-19/h4-11,14,22H,1-3H3,(H,23,24). The Balaban J connectivity index is 1.64. The van der Waals surface area contributed by atoms with Gasteiger partial charge in [0, 0.05) is 16.5 Å². The summed E-state index contributed by atoms with van der Waals surface area (Å²) in [6, 6.07) is 15.4. The van der Waals surface area contributed by atoms with Gasteiger partial charge in [0.1, 0.15) is 11.3 Å². The Labute approximate surface area is 145 Å². The van der Waals surface area contributed by atoms with Crippen molar-refractivity contribution in [3.05, 3.63) is 71.1 Å². The first-order chi connectivity index (χ1) is 12.0. The SMILES string of the molecule is Cc1[nH]c2c(C(=O)NC(C)c3cc4ccccc4o3)cccc2c1C. The Hall–Kier alpha value is -3.01. The summed E-state index contributed by atoms with van der Waals surface area (Å²) in [6.45, 7) is 6.02. The number of rotatable bonds is 3. The fourth-order valence-corrected chi connectivity index (χ4v) is 3.23. The summed E-state index contributed by atoms with van der Waals surface area (Å²) in [6.07, 6.45) is 0. The first kappa shape index (κ1) is 15.5. The zero-order chi connectivity index (χ0) is 17.6. The predicted molar refractivity (Wildman–Crippen MR) is 99.9 cm³/mol. The largest absolute Gasteiger partial charge is 0.459 e. The van der Waals surface area contributed by atoms with Crippen molar-refractivity contribution >= 4 is 27.8 Å². The minimum Gasteiger partial charge on any atom is -0.459 e. The zero-order valence-corrected chi connectivity index (χ0v) is 14.5. The molecular formula is C21H20N2O2. The van der Waals surface area contributed by atoms with E-state index >= 15 is 0 Å². The molecule has 25 heavy (non-hydrogen) atoms. The van der Waals surface area contributed by atoms with Crippen molar-refractivity contribution in [3.63, 3.8) is 0 Å². The number of aryl methyl sites for hydroxylation is 2. The molecule has 1 unspecified atom stereocenters. The summed E-state index contributed by atoms with van der Waals surface area (Å²) < 4.78 is 5.85. The van der Waals surface area contributed by atoms with Crippen molar-refractivity contribution in [1.82, 2.24) is 10.3 Å². The molecule has 2 aromatic heterocycles. The fourth-order valence-electron chi connectivity index (χ4n) is 3.23. The molecule has 4 nitrogen and oxygen atoms in total. The maximum atomic E-state index is 12.8. The average Bonchev–Trinajstić information content (AvgIpc) is 3.16. The number of hydrogen-bond donors (Lipinski definition) is 2. The van der Waals surface area contributed by atoms with E-state index in [1.165, 1.54) is 5.56 Å². The minimum absolute atomic E-state index is 0.111. The molecule has 0 radical (unpaired) electrons. The molecule has 0 spiro atoms. The van der Waals surface area contributed by atoms with Gasteiger partial charge in [0.05, 0.1) is 17.1 Å². The smallest absolute Gasteiger partial charge is 0.253 e. The number of aromatic nitrogens is 1. The number of amides is 1. The second-order valence-corrected chi connectivity index (χ2v) is 6.48. The molecule has 4 aromatic rings. The van der Waals surface area contributed by atoms with Crippen LogP contribution in [0.4, 0.5) is 0 Å². The lowest BCUT2D eigenvalue weighted by Crippen LogP contribution is -2.26. The highest BCUT2D eigenvalue weighted by Crippen LogP contribution is 2.26. The van der Waals surface area contributed by atoms with Gasteiger partial charge < -0.3 is 14.7 Å². The van der Waals surface area contributed by atoms with Gasteiger partial charge in [0.15, 0.2) is 0 Å². The van der Waals surface area contributed by atoms with Crippen molar-refractivity contribution in [2.75, 3.05) is 0 Å². The number of para-hydroxylation sites is 2. The van der Waals surface area contributed by atoms with E-state index in [2.05, 4.69) is 17.2 Å². The van der Waals surface area contributed by atoms with Crippen molar-refractivity contribution < 1.29 is 9.21 Å². The molecule has 4 rings (SSSR count). The van der Waals surface area contributed by atoms with Crippen molar-refractivity contribution in [3.8, 4) is 0 Å². The van der Waals surface area contributed by atoms with Crippen LogP contribution < -0.4 is 5.32 Å². The Bertz CT molecular complexity index is 1050. The molecule has 1 amide bonds. The van der Waals surface area contributed by atoms with Crippen LogP contribution in [0.1, 0.15) is 40.3 Å². The topological polar surface area (TPSA) is 58.0 Å². The molecule has 2 aromatic carbocycles. The highest BCUT2D eigenvalue weighted by molar-refractivity contribution is 6.06. The van der Waals surface area contributed by atoms with E-state index in [4.69, 9.17) is 4.42 Å². The fraction of sp³-hybridized carbons (Fsp3) is 0.190. The maximum absolute atomic E-state index is 12.8. The second-order valence-electron chi connectivity index (χ2n) is 6.48. The Morgan fingerprint density at radius 3 is 2.72 bits per heavy atom. The van der Waals surface area contributed by atoms with Crippen LogP contribution in [0.5, 0.6) is 0 Å². The number of carbonyl (C=O) groups is 1. The first-order valence-electron chi connectivity index (χ1n) is 8.42. The molecule has 0 aliphatic rings. The van der Waals surface area contributed by atoms with Gasteiger partial charge in [-0.15, -0.1) is 0 Å². The van der Waals surface area contributed by atoms with E-state index in [0.29, 0.717) is 5.56 Å². The van der Waals surface area contributed by atoms with Crippen LogP contribution in [-0.4, -0.2) is 10.9 Å². The summed E-state index contributed by atoms with van der Waals surface area (Å²) in [5, 5.41) is 5.16. The molecular weight excluding hydrogens is 312 g/mol. The molecule has 4 heteroatoms. The van der Waals surface area contributed by atoms with Gasteiger partial charge in [-0.2, -0.15) is 0 Å². The predicted octanol–water partition coefficient (Wildman–Crippen LogP) is 5.02. The molecule has 0 aliphatic heterocycles. The maximum Gasteiger partial charge on any atom is 0.253 e. The van der Waals surface area contributed by atoms with Crippen LogP contribution in [-0.2, 0) is 0 Å². The van der Waals surface area contributed by atoms with Crippen LogP contribution in [0, 0.1) is 13.8 Å². The molecule has 2 heterocycles. The molecule has 0 aliphatic carbocycles. The zero-order valence-electron chi connectivity index (χ0n) is 14.5. The van der Waals surface area contributed by atoms with Crippen LogP contribution in [0.2, 0.25) is 0 Å². The number of fused-ring (bicyclic) bond motifs is 2. The molecule has 1 atom stereocenters. The van der Waals surface area contributed by atoms with Gasteiger partial charge in [-0.05, 0) is 44.5 Å². The monoisotopic (exact) mass is 332 g/mol. The highest BCUT2D eigenvalue weighted by atomic mass is 16.3. The third-order valence-corrected chi connectivity index (χ3v) is 4.81. The number of hydrogen-bond acceptors (Lipinski definition) is 2. The van der Waals surface area contributed by atoms with Crippen LogP contribution in [0.25, 0.3) is 21.9 Å². The Kier molecular flexibility index (Phi) is 3.61. The van der Waals surface area contributed by atoms with E-state index < -0.39 is 0 Å². The second kappa shape index (κ2) is 5.81. The Morgan fingerprint density at radius 2 is 1.92 bits per heavy atom. The van der Waals surface area contributed by atoms with Crippen LogP contribution >= 0.6 is 0 Å². The highest BCUT2D eigenvalue weighted by Gasteiger charge is 2.18. The summed E-state index contributed by atoms with van der Waals surface area (Å²) in [7, 11) is 0. The van der Waals surface area contributed by atoms with Gasteiger partial charge in [0.25, 0.3) is 5.91 Å². The van der Waals surface area contributed by atoms with E-state index in [1.807, 2.05) is 62.4 Å². The summed E-state index contributed by atoms with van der Waals surface area (Å²) in [5.41, 5.74) is 4.62. The van der Waals surface area contributed by atoms with Gasteiger partial charge in [-0.1, -0.05) is 30.3 Å². The lowest BCUT2D eigenvalue weighted by atomic mass is 10.1. The number of carbonyl (C=O) groups excluding carboxylic acids is 1. The van der Waals surface area contributed by atoms with Crippen LogP contribution in [0.15, 0.2) is 52.9 Å². The number of aromatic amines is 1. The number of furan rings is 1.